The molecule has 1 aromatic heterocycles. The maximum absolute atomic E-state index is 12.8. The first-order valence-electron chi connectivity index (χ1n) is 9.77. The molecule has 148 valence electrons. The first kappa shape index (κ1) is 18.6. The molecule has 27 heavy (non-hydrogen) atoms. The van der Waals surface area contributed by atoms with E-state index in [1.54, 1.807) is 13.3 Å². The van der Waals surface area contributed by atoms with E-state index in [9.17, 15) is 4.79 Å². The lowest BCUT2D eigenvalue weighted by atomic mass is 9.67. The second kappa shape index (κ2) is 7.69. The van der Waals surface area contributed by atoms with Gasteiger partial charge in [0.05, 0.1) is 24.0 Å². The summed E-state index contributed by atoms with van der Waals surface area (Å²) in [4.78, 5) is 26.4. The summed E-state index contributed by atoms with van der Waals surface area (Å²) in [6, 6.07) is 0.0988. The van der Waals surface area contributed by atoms with Crippen LogP contribution >= 0.6 is 0 Å². The highest BCUT2D eigenvalue weighted by molar-refractivity contribution is 5.95. The molecule has 8 nitrogen and oxygen atoms in total. The van der Waals surface area contributed by atoms with Crippen molar-refractivity contribution in [3.8, 4) is 0 Å². The molecule has 0 bridgehead atoms. The van der Waals surface area contributed by atoms with E-state index < -0.39 is 0 Å². The van der Waals surface area contributed by atoms with Crippen LogP contribution in [0.25, 0.3) is 0 Å². The van der Waals surface area contributed by atoms with Crippen LogP contribution in [0.1, 0.15) is 22.5 Å². The Morgan fingerprint density at radius 1 is 1.37 bits per heavy atom. The first-order valence-corrected chi connectivity index (χ1v) is 9.77. The number of carbonyl (C=O) groups excluding carboxylic acids is 1. The van der Waals surface area contributed by atoms with Crippen LogP contribution in [0.5, 0.6) is 0 Å². The molecule has 3 fully saturated rings. The van der Waals surface area contributed by atoms with Crippen LogP contribution in [0.3, 0.4) is 0 Å². The number of aromatic nitrogens is 2. The van der Waals surface area contributed by atoms with Crippen LogP contribution in [0.15, 0.2) is 6.20 Å². The SMILES string of the molecule is COC[C@@H]1[C@@H](NC(=O)c2cnc(N3CCN(C)CC3)nc2C)[C@@H]2CCO[C@H]12. The molecule has 1 saturated carbocycles. The minimum atomic E-state index is -0.103. The Bertz CT molecular complexity index is 692. The van der Waals surface area contributed by atoms with Gasteiger partial charge in [0.2, 0.25) is 5.95 Å². The predicted octanol–water partition coefficient (Wildman–Crippen LogP) is 0.317. The summed E-state index contributed by atoms with van der Waals surface area (Å²) in [5, 5.41) is 3.19. The van der Waals surface area contributed by atoms with Gasteiger partial charge in [-0.15, -0.1) is 0 Å². The van der Waals surface area contributed by atoms with E-state index in [-0.39, 0.29) is 24.0 Å². The molecule has 4 atom stereocenters. The standard InChI is InChI=1S/C19H29N5O3/c1-12-14(10-20-19(21-12)24-7-5-23(2)6-8-24)18(25)22-16-13-4-9-27-17(13)15(16)11-26-3/h10,13,15-17H,4-9,11H2,1-3H3,(H,22,25)/t13-,15+,16-,17-/m0/s1. The lowest BCUT2D eigenvalue weighted by Crippen LogP contribution is -2.62. The number of carbonyl (C=O) groups is 1. The van der Waals surface area contributed by atoms with E-state index in [0.29, 0.717) is 24.0 Å². The molecule has 1 aromatic rings. The van der Waals surface area contributed by atoms with Crippen LogP contribution in [-0.2, 0) is 9.47 Å². The van der Waals surface area contributed by atoms with Crippen LogP contribution in [-0.4, -0.2) is 86.5 Å². The van der Waals surface area contributed by atoms with Crippen LogP contribution < -0.4 is 10.2 Å². The number of piperazine rings is 1. The summed E-state index contributed by atoms with van der Waals surface area (Å²) in [5.41, 5.74) is 1.27. The van der Waals surface area contributed by atoms with Crippen LogP contribution in [0.2, 0.25) is 0 Å². The number of aryl methyl sites for hydroxylation is 1. The predicted molar refractivity (Wildman–Crippen MR) is 101 cm³/mol. The Morgan fingerprint density at radius 2 is 2.15 bits per heavy atom. The number of hydrogen-bond donors (Lipinski definition) is 1. The maximum Gasteiger partial charge on any atom is 0.254 e. The summed E-state index contributed by atoms with van der Waals surface area (Å²) in [6.45, 7) is 7.06. The second-order valence-corrected chi connectivity index (χ2v) is 7.87. The molecule has 3 heterocycles. The zero-order valence-corrected chi connectivity index (χ0v) is 16.4. The number of rotatable bonds is 5. The monoisotopic (exact) mass is 375 g/mol. The average Bonchev–Trinajstić information content (AvgIpc) is 3.09. The molecular formula is C19H29N5O3. The first-order chi connectivity index (χ1) is 13.1. The lowest BCUT2D eigenvalue weighted by Gasteiger charge is -2.47. The molecular weight excluding hydrogens is 346 g/mol. The van der Waals surface area contributed by atoms with E-state index in [2.05, 4.69) is 32.1 Å². The summed E-state index contributed by atoms with van der Waals surface area (Å²) in [5.74, 6) is 1.22. The van der Waals surface area contributed by atoms with Gasteiger partial charge in [-0.05, 0) is 20.4 Å². The van der Waals surface area contributed by atoms with Crippen molar-refractivity contribution in [3.63, 3.8) is 0 Å². The third-order valence-electron chi connectivity index (χ3n) is 6.18. The highest BCUT2D eigenvalue weighted by atomic mass is 16.5. The van der Waals surface area contributed by atoms with Gasteiger partial charge in [-0.3, -0.25) is 4.79 Å². The van der Waals surface area contributed by atoms with E-state index in [1.165, 1.54) is 0 Å². The van der Waals surface area contributed by atoms with Gasteiger partial charge in [0.1, 0.15) is 0 Å². The third-order valence-corrected chi connectivity index (χ3v) is 6.18. The van der Waals surface area contributed by atoms with Crippen molar-refractivity contribution in [2.24, 2.45) is 11.8 Å². The molecule has 1 aliphatic carbocycles. The number of amides is 1. The van der Waals surface area contributed by atoms with E-state index in [0.717, 1.165) is 44.9 Å². The van der Waals surface area contributed by atoms with Crippen molar-refractivity contribution >= 4 is 11.9 Å². The molecule has 0 unspecified atom stereocenters. The molecule has 0 radical (unpaired) electrons. The highest BCUT2D eigenvalue weighted by Crippen LogP contribution is 2.43. The molecule has 2 saturated heterocycles. The molecule has 3 aliphatic rings. The van der Waals surface area contributed by atoms with Crippen molar-refractivity contribution in [1.29, 1.82) is 0 Å². The Hall–Kier alpha value is -1.77. The number of likely N-dealkylation sites (N-methyl/N-ethyl adjacent to an activating group) is 1. The number of nitrogens with one attached hydrogen (secondary N) is 1. The third kappa shape index (κ3) is 3.53. The zero-order chi connectivity index (χ0) is 19.0. The van der Waals surface area contributed by atoms with Gasteiger partial charge < -0.3 is 24.6 Å². The van der Waals surface area contributed by atoms with Gasteiger partial charge in [0.15, 0.2) is 0 Å². The van der Waals surface area contributed by atoms with E-state index in [1.807, 2.05) is 6.92 Å². The molecule has 0 aromatic carbocycles. The van der Waals surface area contributed by atoms with Crippen molar-refractivity contribution in [3.05, 3.63) is 17.5 Å². The Morgan fingerprint density at radius 3 is 2.85 bits per heavy atom. The quantitative estimate of drug-likeness (QED) is 0.794. The van der Waals surface area contributed by atoms with Gasteiger partial charge in [-0.1, -0.05) is 0 Å². The van der Waals surface area contributed by atoms with Crippen molar-refractivity contribution < 1.29 is 14.3 Å². The average molecular weight is 375 g/mol. The van der Waals surface area contributed by atoms with Crippen LogP contribution in [0, 0.1) is 18.8 Å². The molecule has 2 aliphatic heterocycles. The Kier molecular flexibility index (Phi) is 5.29. The number of nitrogens with zero attached hydrogens (tertiary/aromatic N) is 4. The molecule has 0 spiro atoms. The minimum absolute atomic E-state index is 0.0988. The Labute approximate surface area is 160 Å². The molecule has 4 rings (SSSR count). The number of fused-ring (bicyclic) bond motifs is 1. The highest BCUT2D eigenvalue weighted by Gasteiger charge is 2.54. The summed E-state index contributed by atoms with van der Waals surface area (Å²) >= 11 is 0. The van der Waals surface area contributed by atoms with Gasteiger partial charge in [-0.2, -0.15) is 0 Å². The number of ether oxygens (including phenoxy) is 2. The maximum atomic E-state index is 12.8. The summed E-state index contributed by atoms with van der Waals surface area (Å²) in [6.07, 6.45) is 2.87. The van der Waals surface area contributed by atoms with Crippen molar-refractivity contribution in [1.82, 2.24) is 20.2 Å². The topological polar surface area (TPSA) is 79.8 Å². The molecule has 1 N–H and O–H groups in total. The van der Waals surface area contributed by atoms with Gasteiger partial charge in [-0.25, -0.2) is 9.97 Å². The second-order valence-electron chi connectivity index (χ2n) is 7.87. The summed E-state index contributed by atoms with van der Waals surface area (Å²) in [7, 11) is 3.81. The fourth-order valence-corrected chi connectivity index (χ4v) is 4.50. The smallest absolute Gasteiger partial charge is 0.254 e. The summed E-state index contributed by atoms with van der Waals surface area (Å²) < 4.78 is 11.1. The van der Waals surface area contributed by atoms with Crippen LogP contribution in [0.4, 0.5) is 5.95 Å². The zero-order valence-electron chi connectivity index (χ0n) is 16.4. The largest absolute Gasteiger partial charge is 0.384 e. The van der Waals surface area contributed by atoms with E-state index >= 15 is 0 Å². The van der Waals surface area contributed by atoms with Crippen molar-refractivity contribution in [2.75, 3.05) is 58.5 Å². The number of methoxy groups -OCH3 is 1. The number of anilines is 1. The van der Waals surface area contributed by atoms with Crippen molar-refractivity contribution in [2.45, 2.75) is 25.5 Å². The fourth-order valence-electron chi connectivity index (χ4n) is 4.50. The number of hydrogen-bond acceptors (Lipinski definition) is 7. The molecule has 1 amide bonds. The van der Waals surface area contributed by atoms with E-state index in [4.69, 9.17) is 9.47 Å². The van der Waals surface area contributed by atoms with Gasteiger partial charge in [0.25, 0.3) is 5.91 Å². The fraction of sp³-hybridized carbons (Fsp3) is 0.737. The van der Waals surface area contributed by atoms with Gasteiger partial charge in [0, 0.05) is 64.0 Å². The normalized spacial score (nSPS) is 30.7. The minimum Gasteiger partial charge on any atom is -0.384 e. The molecule has 8 heteroatoms. The Balaban J connectivity index is 1.43. The lowest BCUT2D eigenvalue weighted by molar-refractivity contribution is -0.0809. The van der Waals surface area contributed by atoms with Gasteiger partial charge >= 0.3 is 0 Å².